The van der Waals surface area contributed by atoms with Crippen LogP contribution < -0.4 is 5.73 Å². The van der Waals surface area contributed by atoms with Gasteiger partial charge in [-0.05, 0) is 25.1 Å². The summed E-state index contributed by atoms with van der Waals surface area (Å²) in [4.78, 5) is 2.02. The monoisotopic (exact) mass is 256 g/mol. The SMILES string of the molecule is CCC(C)CN(C)CC(N)c1c(F)cccc1F. The van der Waals surface area contributed by atoms with E-state index in [0.717, 1.165) is 13.0 Å². The van der Waals surface area contributed by atoms with E-state index in [-0.39, 0.29) is 5.56 Å². The Morgan fingerprint density at radius 3 is 2.28 bits per heavy atom. The highest BCUT2D eigenvalue weighted by atomic mass is 19.1. The molecule has 4 heteroatoms. The van der Waals surface area contributed by atoms with E-state index >= 15 is 0 Å². The third kappa shape index (κ3) is 4.03. The van der Waals surface area contributed by atoms with Crippen molar-refractivity contribution in [3.8, 4) is 0 Å². The predicted octanol–water partition coefficient (Wildman–Crippen LogP) is 2.94. The predicted molar refractivity (Wildman–Crippen MR) is 70.2 cm³/mol. The van der Waals surface area contributed by atoms with Crippen LogP contribution in [0.15, 0.2) is 18.2 Å². The Balaban J connectivity index is 2.67. The minimum Gasteiger partial charge on any atom is -0.323 e. The molecule has 0 heterocycles. The van der Waals surface area contributed by atoms with Crippen LogP contribution in [0.4, 0.5) is 8.78 Å². The highest BCUT2D eigenvalue weighted by Gasteiger charge is 2.18. The number of hydrogen-bond donors (Lipinski definition) is 1. The maximum absolute atomic E-state index is 13.5. The van der Waals surface area contributed by atoms with Crippen LogP contribution in [0, 0.1) is 17.6 Å². The molecule has 0 radical (unpaired) electrons. The van der Waals surface area contributed by atoms with Gasteiger partial charge in [0.25, 0.3) is 0 Å². The molecule has 1 rings (SSSR count). The Kier molecular flexibility index (Phi) is 5.69. The van der Waals surface area contributed by atoms with Crippen molar-refractivity contribution in [1.82, 2.24) is 4.90 Å². The van der Waals surface area contributed by atoms with Crippen LogP contribution in [0.1, 0.15) is 31.9 Å². The van der Waals surface area contributed by atoms with Crippen LogP contribution >= 0.6 is 0 Å². The number of rotatable bonds is 6. The Bertz CT molecular complexity index is 362. The van der Waals surface area contributed by atoms with Crippen molar-refractivity contribution in [1.29, 1.82) is 0 Å². The first-order valence-electron chi connectivity index (χ1n) is 6.33. The molecule has 102 valence electrons. The number of benzene rings is 1. The van der Waals surface area contributed by atoms with Crippen molar-refractivity contribution >= 4 is 0 Å². The summed E-state index contributed by atoms with van der Waals surface area (Å²) in [6.07, 6.45) is 1.08. The topological polar surface area (TPSA) is 29.3 Å². The van der Waals surface area contributed by atoms with Crippen molar-refractivity contribution in [3.05, 3.63) is 35.4 Å². The highest BCUT2D eigenvalue weighted by molar-refractivity contribution is 5.23. The zero-order chi connectivity index (χ0) is 13.7. The molecule has 0 bridgehead atoms. The summed E-state index contributed by atoms with van der Waals surface area (Å²) < 4.78 is 27.1. The molecule has 2 N–H and O–H groups in total. The molecule has 1 aromatic rings. The molecular weight excluding hydrogens is 234 g/mol. The van der Waals surface area contributed by atoms with Crippen LogP contribution in [-0.2, 0) is 0 Å². The normalized spacial score (nSPS) is 14.8. The maximum atomic E-state index is 13.5. The Labute approximate surface area is 108 Å². The van der Waals surface area contributed by atoms with Gasteiger partial charge in [-0.25, -0.2) is 8.78 Å². The first kappa shape index (κ1) is 15.1. The fourth-order valence-electron chi connectivity index (χ4n) is 2.03. The summed E-state index contributed by atoms with van der Waals surface area (Å²) in [5.41, 5.74) is 5.87. The van der Waals surface area contributed by atoms with Crippen molar-refractivity contribution < 1.29 is 8.78 Å². The summed E-state index contributed by atoms with van der Waals surface area (Å²) >= 11 is 0. The van der Waals surface area contributed by atoms with Crippen molar-refractivity contribution in [2.45, 2.75) is 26.3 Å². The average molecular weight is 256 g/mol. The third-order valence-electron chi connectivity index (χ3n) is 3.20. The first-order valence-corrected chi connectivity index (χ1v) is 6.33. The molecule has 0 fully saturated rings. The molecule has 0 amide bonds. The second-order valence-corrected chi connectivity index (χ2v) is 4.98. The van der Waals surface area contributed by atoms with E-state index < -0.39 is 17.7 Å². The van der Waals surface area contributed by atoms with Gasteiger partial charge in [0.05, 0.1) is 0 Å². The molecule has 0 aliphatic heterocycles. The maximum Gasteiger partial charge on any atom is 0.130 e. The third-order valence-corrected chi connectivity index (χ3v) is 3.20. The van der Waals surface area contributed by atoms with Gasteiger partial charge in [0.2, 0.25) is 0 Å². The lowest BCUT2D eigenvalue weighted by atomic mass is 10.0. The van der Waals surface area contributed by atoms with E-state index in [1.807, 2.05) is 11.9 Å². The molecule has 2 atom stereocenters. The van der Waals surface area contributed by atoms with Crippen LogP contribution in [0.5, 0.6) is 0 Å². The minimum absolute atomic E-state index is 0.0199. The van der Waals surface area contributed by atoms with E-state index in [1.54, 1.807) is 0 Å². The summed E-state index contributed by atoms with van der Waals surface area (Å²) in [5.74, 6) is -0.591. The van der Waals surface area contributed by atoms with Gasteiger partial charge in [-0.1, -0.05) is 26.3 Å². The van der Waals surface area contributed by atoms with Crippen LogP contribution in [0.2, 0.25) is 0 Å². The molecular formula is C14H22F2N2. The molecule has 2 unspecified atom stereocenters. The van der Waals surface area contributed by atoms with Gasteiger partial charge < -0.3 is 10.6 Å². The molecule has 0 spiro atoms. The fourth-order valence-corrected chi connectivity index (χ4v) is 2.03. The van der Waals surface area contributed by atoms with Gasteiger partial charge in [-0.15, -0.1) is 0 Å². The summed E-state index contributed by atoms with van der Waals surface area (Å²) in [6.45, 7) is 5.59. The number of nitrogens with two attached hydrogens (primary N) is 1. The minimum atomic E-state index is -0.639. The summed E-state index contributed by atoms with van der Waals surface area (Å²) in [6, 6.07) is 3.20. The van der Waals surface area contributed by atoms with Gasteiger partial charge in [-0.2, -0.15) is 0 Å². The highest BCUT2D eigenvalue weighted by Crippen LogP contribution is 2.19. The molecule has 0 aliphatic rings. The second-order valence-electron chi connectivity index (χ2n) is 4.98. The molecule has 18 heavy (non-hydrogen) atoms. The van der Waals surface area contributed by atoms with Crippen LogP contribution in [0.25, 0.3) is 0 Å². The molecule has 0 saturated heterocycles. The Morgan fingerprint density at radius 2 is 1.78 bits per heavy atom. The largest absolute Gasteiger partial charge is 0.323 e. The Morgan fingerprint density at radius 1 is 1.22 bits per heavy atom. The number of likely N-dealkylation sites (N-methyl/N-ethyl adjacent to an activating group) is 1. The lowest BCUT2D eigenvalue weighted by Crippen LogP contribution is -2.33. The van der Waals surface area contributed by atoms with Crippen molar-refractivity contribution in [3.63, 3.8) is 0 Å². The molecule has 0 aromatic heterocycles. The van der Waals surface area contributed by atoms with Crippen molar-refractivity contribution in [2.75, 3.05) is 20.1 Å². The summed E-state index contributed by atoms with van der Waals surface area (Å²) in [7, 11) is 1.92. The van der Waals surface area contributed by atoms with Crippen LogP contribution in [0.3, 0.4) is 0 Å². The van der Waals surface area contributed by atoms with Gasteiger partial charge in [0, 0.05) is 24.7 Å². The molecule has 0 aliphatic carbocycles. The standard InChI is InChI=1S/C14H22F2N2/c1-4-10(2)8-18(3)9-13(17)14-11(15)6-5-7-12(14)16/h5-7,10,13H,4,8-9,17H2,1-3H3. The number of halogens is 2. The zero-order valence-electron chi connectivity index (χ0n) is 11.3. The quantitative estimate of drug-likeness (QED) is 0.848. The average Bonchev–Trinajstić information content (AvgIpc) is 2.28. The Hall–Kier alpha value is -1.00. The summed E-state index contributed by atoms with van der Waals surface area (Å²) in [5, 5.41) is 0. The van der Waals surface area contributed by atoms with Gasteiger partial charge in [0.1, 0.15) is 11.6 Å². The number of hydrogen-bond acceptors (Lipinski definition) is 2. The van der Waals surface area contributed by atoms with E-state index in [9.17, 15) is 8.78 Å². The van der Waals surface area contributed by atoms with E-state index in [1.165, 1.54) is 18.2 Å². The lowest BCUT2D eigenvalue weighted by Gasteiger charge is -2.24. The van der Waals surface area contributed by atoms with Gasteiger partial charge >= 0.3 is 0 Å². The van der Waals surface area contributed by atoms with E-state index in [4.69, 9.17) is 5.73 Å². The fraction of sp³-hybridized carbons (Fsp3) is 0.571. The first-order chi connectivity index (χ1) is 8.45. The smallest absolute Gasteiger partial charge is 0.130 e. The van der Waals surface area contributed by atoms with Gasteiger partial charge in [0.15, 0.2) is 0 Å². The number of nitrogens with zero attached hydrogens (tertiary/aromatic N) is 1. The lowest BCUT2D eigenvalue weighted by molar-refractivity contribution is 0.264. The van der Waals surface area contributed by atoms with E-state index in [0.29, 0.717) is 12.5 Å². The van der Waals surface area contributed by atoms with E-state index in [2.05, 4.69) is 13.8 Å². The molecule has 0 saturated carbocycles. The van der Waals surface area contributed by atoms with Crippen molar-refractivity contribution in [2.24, 2.45) is 11.7 Å². The van der Waals surface area contributed by atoms with Gasteiger partial charge in [-0.3, -0.25) is 0 Å². The van der Waals surface area contributed by atoms with Crippen LogP contribution in [-0.4, -0.2) is 25.0 Å². The second kappa shape index (κ2) is 6.81. The zero-order valence-corrected chi connectivity index (χ0v) is 11.3. The molecule has 2 nitrogen and oxygen atoms in total. The molecule has 1 aromatic carbocycles.